The van der Waals surface area contributed by atoms with Crippen LogP contribution in [0.15, 0.2) is 23.3 Å². The molecule has 0 spiro atoms. The fraction of sp³-hybridized carbons (Fsp3) is 0.733. The van der Waals surface area contributed by atoms with Gasteiger partial charge >= 0.3 is 0 Å². The predicted octanol–water partition coefficient (Wildman–Crippen LogP) is 4.88. The lowest BCUT2D eigenvalue weighted by Gasteiger charge is -2.15. The molecule has 0 rings (SSSR count). The number of allylic oxidation sites excluding steroid dienone is 3. The van der Waals surface area contributed by atoms with E-state index in [1.165, 1.54) is 24.0 Å². The highest BCUT2D eigenvalue weighted by atomic mass is 16.5. The summed E-state index contributed by atoms with van der Waals surface area (Å²) in [5.41, 5.74) is 2.85. The average Bonchev–Trinajstić information content (AvgIpc) is 2.29. The second-order valence-electron chi connectivity index (χ2n) is 4.49. The van der Waals surface area contributed by atoms with Crippen LogP contribution in [0.2, 0.25) is 0 Å². The quantitative estimate of drug-likeness (QED) is 0.534. The Morgan fingerprint density at radius 2 is 2.00 bits per heavy atom. The molecule has 0 saturated carbocycles. The van der Waals surface area contributed by atoms with Crippen molar-refractivity contribution in [3.05, 3.63) is 23.3 Å². The van der Waals surface area contributed by atoms with E-state index in [1.54, 1.807) is 0 Å². The lowest BCUT2D eigenvalue weighted by Crippen LogP contribution is -2.11. The van der Waals surface area contributed by atoms with Crippen molar-refractivity contribution in [2.75, 3.05) is 7.11 Å². The smallest absolute Gasteiger partial charge is 0.0778 e. The molecule has 0 amide bonds. The van der Waals surface area contributed by atoms with Crippen molar-refractivity contribution in [2.24, 2.45) is 0 Å². The molecule has 0 aliphatic heterocycles. The van der Waals surface area contributed by atoms with Crippen molar-refractivity contribution in [3.8, 4) is 0 Å². The minimum atomic E-state index is 0.325. The van der Waals surface area contributed by atoms with E-state index in [0.29, 0.717) is 6.10 Å². The van der Waals surface area contributed by atoms with E-state index in [1.807, 2.05) is 7.11 Å². The van der Waals surface area contributed by atoms with Gasteiger partial charge in [-0.3, -0.25) is 0 Å². The molecule has 0 aliphatic carbocycles. The van der Waals surface area contributed by atoms with Crippen molar-refractivity contribution >= 4 is 0 Å². The SMILES string of the molecule is CC=C(C)CCC=C(C)C(CCCC)OC. The monoisotopic (exact) mass is 224 g/mol. The number of ether oxygens (including phenoxy) is 1. The zero-order valence-electron chi connectivity index (χ0n) is 11.7. The maximum absolute atomic E-state index is 5.52. The molecule has 0 aromatic rings. The molecule has 1 nitrogen and oxygen atoms in total. The summed E-state index contributed by atoms with van der Waals surface area (Å²) in [5.74, 6) is 0. The first kappa shape index (κ1) is 15.4. The lowest BCUT2D eigenvalue weighted by atomic mass is 10.0. The molecule has 0 saturated heterocycles. The molecular weight excluding hydrogens is 196 g/mol. The van der Waals surface area contributed by atoms with E-state index in [4.69, 9.17) is 4.74 Å². The van der Waals surface area contributed by atoms with Gasteiger partial charge in [0, 0.05) is 7.11 Å². The standard InChI is InChI=1S/C15H28O/c1-6-8-12-15(16-5)14(4)11-9-10-13(3)7-2/h7,11,15H,6,8-10,12H2,1-5H3. The first-order valence-electron chi connectivity index (χ1n) is 6.46. The summed E-state index contributed by atoms with van der Waals surface area (Å²) in [7, 11) is 1.81. The molecule has 0 aliphatic rings. The van der Waals surface area contributed by atoms with E-state index < -0.39 is 0 Å². The molecule has 0 aromatic carbocycles. The predicted molar refractivity (Wildman–Crippen MR) is 72.7 cm³/mol. The third-order valence-corrected chi connectivity index (χ3v) is 3.11. The number of unbranched alkanes of at least 4 members (excludes halogenated alkanes) is 1. The summed E-state index contributed by atoms with van der Waals surface area (Å²) in [4.78, 5) is 0. The minimum Gasteiger partial charge on any atom is -0.377 e. The number of methoxy groups -OCH3 is 1. The Morgan fingerprint density at radius 3 is 2.50 bits per heavy atom. The number of hydrogen-bond donors (Lipinski definition) is 0. The van der Waals surface area contributed by atoms with Crippen molar-refractivity contribution < 1.29 is 4.74 Å². The zero-order chi connectivity index (χ0) is 12.4. The Bertz CT molecular complexity index is 226. The lowest BCUT2D eigenvalue weighted by molar-refractivity contribution is 0.122. The van der Waals surface area contributed by atoms with Crippen LogP contribution in [-0.2, 0) is 4.74 Å². The van der Waals surface area contributed by atoms with Gasteiger partial charge in [-0.15, -0.1) is 0 Å². The summed E-state index contributed by atoms with van der Waals surface area (Å²) in [5, 5.41) is 0. The Hall–Kier alpha value is -0.560. The van der Waals surface area contributed by atoms with Crippen LogP contribution in [0.3, 0.4) is 0 Å². The van der Waals surface area contributed by atoms with Crippen LogP contribution >= 0.6 is 0 Å². The highest BCUT2D eigenvalue weighted by Gasteiger charge is 2.07. The molecule has 0 fully saturated rings. The molecule has 0 heterocycles. The highest BCUT2D eigenvalue weighted by Crippen LogP contribution is 2.15. The van der Waals surface area contributed by atoms with Crippen LogP contribution in [0, 0.1) is 0 Å². The third kappa shape index (κ3) is 6.84. The summed E-state index contributed by atoms with van der Waals surface area (Å²) in [6.45, 7) is 8.70. The second kappa shape index (κ2) is 9.65. The van der Waals surface area contributed by atoms with Gasteiger partial charge in [-0.1, -0.05) is 37.5 Å². The van der Waals surface area contributed by atoms with Crippen LogP contribution in [0.25, 0.3) is 0 Å². The van der Waals surface area contributed by atoms with E-state index in [-0.39, 0.29) is 0 Å². The van der Waals surface area contributed by atoms with Crippen LogP contribution in [-0.4, -0.2) is 13.2 Å². The molecule has 1 atom stereocenters. The van der Waals surface area contributed by atoms with Gasteiger partial charge in [0.25, 0.3) is 0 Å². The van der Waals surface area contributed by atoms with Crippen molar-refractivity contribution in [1.82, 2.24) is 0 Å². The number of rotatable bonds is 8. The first-order valence-corrected chi connectivity index (χ1v) is 6.46. The van der Waals surface area contributed by atoms with Crippen molar-refractivity contribution in [2.45, 2.75) is 65.9 Å². The Balaban J connectivity index is 4.06. The maximum Gasteiger partial charge on any atom is 0.0778 e. The molecule has 1 unspecified atom stereocenters. The molecular formula is C15H28O. The molecule has 16 heavy (non-hydrogen) atoms. The minimum absolute atomic E-state index is 0.325. The van der Waals surface area contributed by atoms with Gasteiger partial charge in [-0.25, -0.2) is 0 Å². The first-order chi connectivity index (χ1) is 7.65. The van der Waals surface area contributed by atoms with Gasteiger partial charge in [-0.2, -0.15) is 0 Å². The summed E-state index contributed by atoms with van der Waals surface area (Å²) in [6.07, 6.45) is 10.8. The average molecular weight is 224 g/mol. The van der Waals surface area contributed by atoms with Crippen LogP contribution in [0.5, 0.6) is 0 Å². The fourth-order valence-corrected chi connectivity index (χ4v) is 1.72. The topological polar surface area (TPSA) is 9.23 Å². The Morgan fingerprint density at radius 1 is 1.31 bits per heavy atom. The van der Waals surface area contributed by atoms with Gasteiger partial charge in [-0.05, 0) is 45.6 Å². The second-order valence-corrected chi connectivity index (χ2v) is 4.49. The van der Waals surface area contributed by atoms with Crippen molar-refractivity contribution in [3.63, 3.8) is 0 Å². The van der Waals surface area contributed by atoms with E-state index >= 15 is 0 Å². The van der Waals surface area contributed by atoms with E-state index in [2.05, 4.69) is 39.8 Å². The summed E-state index contributed by atoms with van der Waals surface area (Å²) < 4.78 is 5.52. The van der Waals surface area contributed by atoms with Gasteiger partial charge < -0.3 is 4.74 Å². The van der Waals surface area contributed by atoms with E-state index in [0.717, 1.165) is 19.3 Å². The maximum atomic E-state index is 5.52. The molecule has 0 bridgehead atoms. The molecule has 0 aromatic heterocycles. The zero-order valence-corrected chi connectivity index (χ0v) is 11.7. The fourth-order valence-electron chi connectivity index (χ4n) is 1.72. The van der Waals surface area contributed by atoms with Gasteiger partial charge in [0.1, 0.15) is 0 Å². The molecule has 0 radical (unpaired) electrons. The van der Waals surface area contributed by atoms with E-state index in [9.17, 15) is 0 Å². The highest BCUT2D eigenvalue weighted by molar-refractivity contribution is 5.07. The van der Waals surface area contributed by atoms with Crippen LogP contribution in [0.1, 0.15) is 59.8 Å². The third-order valence-electron chi connectivity index (χ3n) is 3.11. The van der Waals surface area contributed by atoms with Crippen LogP contribution < -0.4 is 0 Å². The van der Waals surface area contributed by atoms with Gasteiger partial charge in [0.2, 0.25) is 0 Å². The van der Waals surface area contributed by atoms with Crippen LogP contribution in [0.4, 0.5) is 0 Å². The van der Waals surface area contributed by atoms with Crippen molar-refractivity contribution in [1.29, 1.82) is 0 Å². The number of hydrogen-bond acceptors (Lipinski definition) is 1. The molecule has 0 N–H and O–H groups in total. The Labute approximate surface area is 102 Å². The summed E-state index contributed by atoms with van der Waals surface area (Å²) in [6, 6.07) is 0. The summed E-state index contributed by atoms with van der Waals surface area (Å²) >= 11 is 0. The molecule has 94 valence electrons. The molecule has 1 heteroatoms. The van der Waals surface area contributed by atoms with Gasteiger partial charge in [0.15, 0.2) is 0 Å². The Kier molecular flexibility index (Phi) is 9.31. The normalized spacial score (nSPS) is 15.3. The van der Waals surface area contributed by atoms with Gasteiger partial charge in [0.05, 0.1) is 6.10 Å². The largest absolute Gasteiger partial charge is 0.377 e.